The van der Waals surface area contributed by atoms with E-state index in [1.165, 1.54) is 25.3 Å². The molecule has 1 aliphatic carbocycles. The highest BCUT2D eigenvalue weighted by molar-refractivity contribution is 7.14. The Bertz CT molecular complexity index is 1730. The van der Waals surface area contributed by atoms with Gasteiger partial charge in [0.2, 0.25) is 0 Å². The topological polar surface area (TPSA) is 105 Å². The predicted molar refractivity (Wildman–Crippen MR) is 141 cm³/mol. The largest absolute Gasteiger partial charge is 0.489 e. The van der Waals surface area contributed by atoms with Gasteiger partial charge in [0, 0.05) is 28.4 Å². The Morgan fingerprint density at radius 2 is 1.78 bits per heavy atom. The summed E-state index contributed by atoms with van der Waals surface area (Å²) in [5, 5.41) is 7.30. The number of halogens is 1. The van der Waals surface area contributed by atoms with Crippen molar-refractivity contribution < 1.29 is 9.13 Å². The van der Waals surface area contributed by atoms with E-state index >= 15 is 0 Å². The summed E-state index contributed by atoms with van der Waals surface area (Å²) in [6.07, 6.45) is 13.1. The maximum Gasteiger partial charge on any atom is 0.176 e. The van der Waals surface area contributed by atoms with Gasteiger partial charge in [-0.05, 0) is 56.0 Å². The van der Waals surface area contributed by atoms with Gasteiger partial charge in [-0.1, -0.05) is 6.42 Å². The second-order valence-corrected chi connectivity index (χ2v) is 10.3. The van der Waals surface area contributed by atoms with Crippen molar-refractivity contribution in [2.45, 2.75) is 38.2 Å². The number of H-pyrrole nitrogens is 2. The number of rotatable bonds is 5. The maximum absolute atomic E-state index is 13.7. The lowest BCUT2D eigenvalue weighted by atomic mass is 9.98. The van der Waals surface area contributed by atoms with Crippen molar-refractivity contribution in [2.75, 3.05) is 0 Å². The molecule has 0 aliphatic heterocycles. The summed E-state index contributed by atoms with van der Waals surface area (Å²) in [4.78, 5) is 22.5. The third-order valence-corrected chi connectivity index (χ3v) is 7.64. The Kier molecular flexibility index (Phi) is 5.39. The summed E-state index contributed by atoms with van der Waals surface area (Å²) in [6.45, 7) is 0. The summed E-state index contributed by atoms with van der Waals surface area (Å²) in [7, 11) is 0. The quantitative estimate of drug-likeness (QED) is 0.272. The molecular formula is C27H22FN7OS. The monoisotopic (exact) mass is 511 g/mol. The van der Waals surface area contributed by atoms with Crippen molar-refractivity contribution in [3.8, 4) is 39.0 Å². The Morgan fingerprint density at radius 3 is 2.65 bits per heavy atom. The molecule has 7 rings (SSSR count). The van der Waals surface area contributed by atoms with Gasteiger partial charge in [-0.3, -0.25) is 15.1 Å². The molecule has 8 nitrogen and oxygen atoms in total. The molecule has 0 spiro atoms. The molecule has 0 aromatic carbocycles. The van der Waals surface area contributed by atoms with Crippen LogP contribution in [0.2, 0.25) is 0 Å². The Morgan fingerprint density at radius 1 is 0.892 bits per heavy atom. The fourth-order valence-corrected chi connectivity index (χ4v) is 5.65. The second kappa shape index (κ2) is 9.04. The Labute approximate surface area is 215 Å². The molecule has 1 aliphatic rings. The number of hydrogen-bond donors (Lipinski definition) is 2. The molecular weight excluding hydrogens is 489 g/mol. The molecule has 0 atom stereocenters. The molecule has 0 bridgehead atoms. The van der Waals surface area contributed by atoms with E-state index in [1.54, 1.807) is 30.9 Å². The number of imidazole rings is 1. The zero-order valence-electron chi connectivity index (χ0n) is 19.7. The van der Waals surface area contributed by atoms with Gasteiger partial charge in [0.1, 0.15) is 16.8 Å². The van der Waals surface area contributed by atoms with E-state index in [-0.39, 0.29) is 11.2 Å². The summed E-state index contributed by atoms with van der Waals surface area (Å²) in [6, 6.07) is 9.07. The first kappa shape index (κ1) is 22.1. The van der Waals surface area contributed by atoms with Gasteiger partial charge in [0.25, 0.3) is 0 Å². The molecule has 6 aromatic heterocycles. The maximum atomic E-state index is 13.7. The first-order valence-electron chi connectivity index (χ1n) is 12.3. The number of nitrogens with zero attached hydrogens (tertiary/aromatic N) is 5. The van der Waals surface area contributed by atoms with Gasteiger partial charge in [-0.15, -0.1) is 11.3 Å². The molecule has 1 fully saturated rings. The lowest BCUT2D eigenvalue weighted by molar-refractivity contribution is 0.154. The van der Waals surface area contributed by atoms with Crippen LogP contribution in [-0.2, 0) is 0 Å². The summed E-state index contributed by atoms with van der Waals surface area (Å²) >= 11 is 1.07. The highest BCUT2D eigenvalue weighted by atomic mass is 32.1. The number of hydrogen-bond acceptors (Lipinski definition) is 7. The summed E-state index contributed by atoms with van der Waals surface area (Å²) < 4.78 is 19.9. The van der Waals surface area contributed by atoms with E-state index < -0.39 is 0 Å². The van der Waals surface area contributed by atoms with Crippen molar-refractivity contribution in [1.82, 2.24) is 35.1 Å². The highest BCUT2D eigenvalue weighted by Gasteiger charge is 2.19. The van der Waals surface area contributed by atoms with E-state index in [9.17, 15) is 4.39 Å². The van der Waals surface area contributed by atoms with Crippen LogP contribution in [0.25, 0.3) is 55.3 Å². The van der Waals surface area contributed by atoms with Crippen LogP contribution in [0.3, 0.4) is 0 Å². The van der Waals surface area contributed by atoms with Gasteiger partial charge in [0.15, 0.2) is 16.6 Å². The standard InChI is InChI=1S/C27H22FN7OS/c28-23-9-8-22(37-23)18-13-30-14-21-24(18)33-27(32-21)26-25-20(34-35-26)7-6-19(31-25)15-10-17(12-29-11-15)36-16-4-2-1-3-5-16/h6-14,16H,1-5H2,(H,32,33)(H,34,35). The van der Waals surface area contributed by atoms with Crippen LogP contribution in [0.15, 0.2) is 55.1 Å². The summed E-state index contributed by atoms with van der Waals surface area (Å²) in [5.74, 6) is 1.32. The van der Waals surface area contributed by atoms with Crippen LogP contribution in [0, 0.1) is 5.13 Å². The Hall–Kier alpha value is -4.18. The SMILES string of the molecule is Fc1ccc(-c2cncc3[nH]c(-c4n[nH]c5ccc(-c6cncc(OC7CCCCC7)c6)nc45)nc23)s1. The molecule has 37 heavy (non-hydrogen) atoms. The first-order chi connectivity index (χ1) is 18.2. The second-order valence-electron chi connectivity index (χ2n) is 9.22. The average Bonchev–Trinajstić information content (AvgIpc) is 3.66. The fraction of sp³-hybridized carbons (Fsp3) is 0.222. The minimum atomic E-state index is -0.250. The molecule has 0 amide bonds. The van der Waals surface area contributed by atoms with E-state index in [2.05, 4.69) is 25.1 Å². The van der Waals surface area contributed by atoms with Crippen molar-refractivity contribution in [3.63, 3.8) is 0 Å². The normalized spacial score (nSPS) is 14.5. The number of aromatic nitrogens is 7. The smallest absolute Gasteiger partial charge is 0.176 e. The molecule has 10 heteroatoms. The van der Waals surface area contributed by atoms with Crippen LogP contribution in [0.1, 0.15) is 32.1 Å². The van der Waals surface area contributed by atoms with Crippen LogP contribution in [0.5, 0.6) is 5.75 Å². The molecule has 6 aromatic rings. The van der Waals surface area contributed by atoms with Crippen LogP contribution in [-0.4, -0.2) is 41.2 Å². The molecule has 0 saturated heterocycles. The van der Waals surface area contributed by atoms with Crippen LogP contribution < -0.4 is 4.74 Å². The van der Waals surface area contributed by atoms with Gasteiger partial charge < -0.3 is 9.72 Å². The van der Waals surface area contributed by atoms with E-state index in [1.807, 2.05) is 18.2 Å². The first-order valence-corrected chi connectivity index (χ1v) is 13.1. The number of nitrogens with one attached hydrogen (secondary N) is 2. The van der Waals surface area contributed by atoms with Crippen LogP contribution in [0.4, 0.5) is 4.39 Å². The molecule has 6 heterocycles. The van der Waals surface area contributed by atoms with E-state index in [0.29, 0.717) is 22.6 Å². The third kappa shape index (κ3) is 4.13. The van der Waals surface area contributed by atoms with Crippen molar-refractivity contribution in [1.29, 1.82) is 0 Å². The van der Waals surface area contributed by atoms with E-state index in [0.717, 1.165) is 62.7 Å². The number of thiophene rings is 1. The molecule has 184 valence electrons. The number of ether oxygens (including phenoxy) is 1. The van der Waals surface area contributed by atoms with Gasteiger partial charge in [-0.25, -0.2) is 9.97 Å². The van der Waals surface area contributed by atoms with Crippen LogP contribution >= 0.6 is 11.3 Å². The lowest BCUT2D eigenvalue weighted by Crippen LogP contribution is -2.19. The lowest BCUT2D eigenvalue weighted by Gasteiger charge is -2.22. The van der Waals surface area contributed by atoms with Crippen molar-refractivity contribution >= 4 is 33.4 Å². The van der Waals surface area contributed by atoms with Gasteiger partial charge in [0.05, 0.1) is 35.2 Å². The summed E-state index contributed by atoms with van der Waals surface area (Å²) in [5.41, 5.74) is 5.93. The van der Waals surface area contributed by atoms with Gasteiger partial charge >= 0.3 is 0 Å². The van der Waals surface area contributed by atoms with Crippen molar-refractivity contribution in [2.24, 2.45) is 0 Å². The zero-order chi connectivity index (χ0) is 24.8. The Balaban J connectivity index is 1.26. The number of pyridine rings is 3. The minimum Gasteiger partial charge on any atom is -0.489 e. The van der Waals surface area contributed by atoms with Crippen molar-refractivity contribution in [3.05, 3.63) is 60.3 Å². The molecule has 2 N–H and O–H groups in total. The average molecular weight is 512 g/mol. The van der Waals surface area contributed by atoms with Gasteiger partial charge in [-0.2, -0.15) is 9.49 Å². The molecule has 1 saturated carbocycles. The fourth-order valence-electron chi connectivity index (χ4n) is 4.91. The zero-order valence-corrected chi connectivity index (χ0v) is 20.6. The number of aromatic amines is 2. The molecule has 0 unspecified atom stereocenters. The predicted octanol–water partition coefficient (Wildman–Crippen LogP) is 6.54. The number of fused-ring (bicyclic) bond motifs is 2. The van der Waals surface area contributed by atoms with E-state index in [4.69, 9.17) is 14.7 Å². The molecule has 0 radical (unpaired) electrons. The highest BCUT2D eigenvalue weighted by Crippen LogP contribution is 2.34. The third-order valence-electron chi connectivity index (χ3n) is 6.73. The minimum absolute atomic E-state index is 0.250.